The normalized spacial score (nSPS) is 10.5. The highest BCUT2D eigenvalue weighted by Crippen LogP contribution is 2.15. The molecular formula is C15H19FN3O2S+. The number of hydrogen-bond acceptors (Lipinski definition) is 3. The first-order valence-electron chi connectivity index (χ1n) is 6.41. The molecule has 0 spiro atoms. The second-order valence-electron chi connectivity index (χ2n) is 3.94. The largest absolute Gasteiger partial charge is 0.449 e. The molecule has 0 aliphatic heterocycles. The fraction of sp³-hybridized carbons (Fsp3) is 0.133. The number of halogens is 1. The number of hydrogen-bond donors (Lipinski definition) is 5. The first-order valence-corrected chi connectivity index (χ1v) is 7.31. The Balaban J connectivity index is 0.00000116. The monoisotopic (exact) mass is 324 g/mol. The van der Waals surface area contributed by atoms with Gasteiger partial charge < -0.3 is 9.94 Å². The van der Waals surface area contributed by atoms with E-state index in [-0.39, 0.29) is 11.8 Å². The Morgan fingerprint density at radius 1 is 1.18 bits per heavy atom. The van der Waals surface area contributed by atoms with Crippen LogP contribution in [0.3, 0.4) is 0 Å². The fourth-order valence-electron chi connectivity index (χ4n) is 1.59. The van der Waals surface area contributed by atoms with Gasteiger partial charge in [0.15, 0.2) is 5.75 Å². The van der Waals surface area contributed by atoms with Gasteiger partial charge in [0, 0.05) is 13.1 Å². The lowest BCUT2D eigenvalue weighted by molar-refractivity contribution is -0.365. The maximum Gasteiger partial charge on any atom is 0.449 e. The molecule has 0 aliphatic carbocycles. The van der Waals surface area contributed by atoms with Crippen LogP contribution in [-0.2, 0) is 0 Å². The van der Waals surface area contributed by atoms with E-state index in [0.29, 0.717) is 17.1 Å². The minimum atomic E-state index is -0.333. The Morgan fingerprint density at radius 2 is 1.86 bits per heavy atom. The van der Waals surface area contributed by atoms with Crippen LogP contribution < -0.4 is 20.6 Å². The van der Waals surface area contributed by atoms with Crippen LogP contribution >= 0.6 is 12.6 Å². The van der Waals surface area contributed by atoms with Crippen molar-refractivity contribution < 1.29 is 19.3 Å². The number of nitrogens with one attached hydrogen (secondary N) is 3. The van der Waals surface area contributed by atoms with Gasteiger partial charge in [-0.25, -0.2) is 14.7 Å². The Hall–Kier alpha value is -2.25. The number of amidine groups is 1. The third-order valence-corrected chi connectivity index (χ3v) is 2.42. The topological polar surface area (TPSA) is 67.5 Å². The summed E-state index contributed by atoms with van der Waals surface area (Å²) in [6.45, 7) is 0. The smallest absolute Gasteiger partial charge is 0.447 e. The van der Waals surface area contributed by atoms with Crippen LogP contribution in [-0.4, -0.2) is 24.4 Å². The number of thiol groups is 1. The Bertz CT molecular complexity index is 606. The molecule has 118 valence electrons. The molecule has 0 atom stereocenters. The van der Waals surface area contributed by atoms with E-state index >= 15 is 0 Å². The molecule has 0 saturated carbocycles. The van der Waals surface area contributed by atoms with Gasteiger partial charge in [0.25, 0.3) is 0 Å². The summed E-state index contributed by atoms with van der Waals surface area (Å²) in [7, 11) is 1.65. The number of hydroxylamine groups is 1. The molecule has 2 aromatic rings. The lowest BCUT2D eigenvalue weighted by Crippen LogP contribution is -2.68. The van der Waals surface area contributed by atoms with E-state index < -0.39 is 0 Å². The molecular weight excluding hydrogens is 305 g/mol. The van der Waals surface area contributed by atoms with Crippen LogP contribution in [0, 0.1) is 5.82 Å². The third kappa shape index (κ3) is 6.02. The molecule has 0 saturated heterocycles. The highest BCUT2D eigenvalue weighted by atomic mass is 32.1. The van der Waals surface area contributed by atoms with E-state index in [2.05, 4.69) is 28.4 Å². The molecule has 4 N–H and O–H groups in total. The van der Waals surface area contributed by atoms with Gasteiger partial charge in [-0.3, -0.25) is 0 Å². The fourth-order valence-corrected chi connectivity index (χ4v) is 1.59. The lowest BCUT2D eigenvalue weighted by atomic mass is 10.3. The molecule has 2 rings (SSSR count). The molecule has 0 fully saturated rings. The van der Waals surface area contributed by atoms with Crippen molar-refractivity contribution in [1.82, 2.24) is 5.48 Å². The van der Waals surface area contributed by atoms with Crippen LogP contribution in [0.5, 0.6) is 5.75 Å². The number of aliphatic hydroxyl groups excluding tert-OH is 1. The van der Waals surface area contributed by atoms with E-state index in [4.69, 9.17) is 4.84 Å². The molecule has 7 heteroatoms. The highest BCUT2D eigenvalue weighted by molar-refractivity contribution is 7.79. The van der Waals surface area contributed by atoms with E-state index in [0.717, 1.165) is 0 Å². The van der Waals surface area contributed by atoms with Gasteiger partial charge in [-0.1, -0.05) is 6.07 Å². The quantitative estimate of drug-likeness (QED) is 0.257. The molecule has 0 aromatic heterocycles. The van der Waals surface area contributed by atoms with Crippen molar-refractivity contribution >= 4 is 30.0 Å². The van der Waals surface area contributed by atoms with Crippen molar-refractivity contribution in [3.8, 4) is 5.75 Å². The molecule has 0 amide bonds. The van der Waals surface area contributed by atoms with Crippen LogP contribution in [0.1, 0.15) is 0 Å². The molecule has 0 heterocycles. The van der Waals surface area contributed by atoms with E-state index in [1.807, 2.05) is 0 Å². The molecule has 0 radical (unpaired) electrons. The first kappa shape index (κ1) is 17.8. The molecule has 2 aromatic carbocycles. The van der Waals surface area contributed by atoms with Crippen molar-refractivity contribution in [2.75, 3.05) is 18.6 Å². The van der Waals surface area contributed by atoms with Crippen molar-refractivity contribution in [1.29, 1.82) is 0 Å². The van der Waals surface area contributed by atoms with Gasteiger partial charge in [-0.05, 0) is 42.7 Å². The van der Waals surface area contributed by atoms with Gasteiger partial charge in [0.05, 0.1) is 0 Å². The average molecular weight is 324 g/mol. The molecule has 0 aliphatic rings. The standard InChI is InChI=1S/C14H14FN3O2.CH4S/c1-16-20-13-4-2-3-12(9-13)18-14(19)17-11-7-5-10(15)6-8-11;1-2/h2-9,16H,1H3,(H2,17,18,19);2H,1H3/p+1. The number of anilines is 1. The Kier molecular flexibility index (Phi) is 7.80. The van der Waals surface area contributed by atoms with Crippen LogP contribution in [0.4, 0.5) is 15.8 Å². The van der Waals surface area contributed by atoms with Crippen LogP contribution in [0.2, 0.25) is 0 Å². The minimum Gasteiger partial charge on any atom is -0.447 e. The van der Waals surface area contributed by atoms with Crippen LogP contribution in [0.25, 0.3) is 0 Å². The Morgan fingerprint density at radius 3 is 2.50 bits per heavy atom. The Labute approximate surface area is 134 Å². The summed E-state index contributed by atoms with van der Waals surface area (Å²) in [5.74, 6) is 0.270. The number of aliphatic hydroxyl groups is 1. The summed E-state index contributed by atoms with van der Waals surface area (Å²) >= 11 is 3.53. The third-order valence-electron chi connectivity index (χ3n) is 2.42. The van der Waals surface area contributed by atoms with Crippen molar-refractivity contribution in [3.05, 3.63) is 54.3 Å². The SMILES string of the molecule is CNOc1cccc(NC(O)=[NH+]c2ccc(F)cc2)c1.CS. The molecule has 5 nitrogen and oxygen atoms in total. The van der Waals surface area contributed by atoms with Crippen molar-refractivity contribution in [2.24, 2.45) is 0 Å². The minimum absolute atomic E-state index is 0.168. The van der Waals surface area contributed by atoms with E-state index in [9.17, 15) is 9.50 Å². The second kappa shape index (κ2) is 9.64. The van der Waals surface area contributed by atoms with E-state index in [1.54, 1.807) is 37.6 Å². The maximum atomic E-state index is 12.8. The molecule has 22 heavy (non-hydrogen) atoms. The second-order valence-corrected chi connectivity index (χ2v) is 3.94. The zero-order valence-corrected chi connectivity index (χ0v) is 13.2. The first-order chi connectivity index (χ1) is 10.7. The van der Waals surface area contributed by atoms with Gasteiger partial charge in [0.1, 0.15) is 17.2 Å². The zero-order chi connectivity index (χ0) is 16.4. The predicted octanol–water partition coefficient (Wildman–Crippen LogP) is 1.62. The van der Waals surface area contributed by atoms with Crippen molar-refractivity contribution in [3.63, 3.8) is 0 Å². The summed E-state index contributed by atoms with van der Waals surface area (Å²) in [6.07, 6.45) is 1.69. The highest BCUT2D eigenvalue weighted by Gasteiger charge is 2.07. The van der Waals surface area contributed by atoms with Crippen molar-refractivity contribution in [2.45, 2.75) is 0 Å². The van der Waals surface area contributed by atoms with Gasteiger partial charge in [-0.15, -0.1) is 0 Å². The number of rotatable bonds is 4. The summed E-state index contributed by atoms with van der Waals surface area (Å²) in [5, 5.41) is 12.6. The molecule has 0 unspecified atom stereocenters. The van der Waals surface area contributed by atoms with E-state index in [1.165, 1.54) is 24.3 Å². The molecule has 0 bridgehead atoms. The van der Waals surface area contributed by atoms with Gasteiger partial charge in [0.2, 0.25) is 0 Å². The summed E-state index contributed by atoms with van der Waals surface area (Å²) in [5.41, 5.74) is 3.77. The predicted molar refractivity (Wildman–Crippen MR) is 89.3 cm³/mol. The summed E-state index contributed by atoms with van der Waals surface area (Å²) in [6, 6.07) is 12.5. The average Bonchev–Trinajstić information content (AvgIpc) is 2.52. The summed E-state index contributed by atoms with van der Waals surface area (Å²) in [4.78, 5) is 7.82. The summed E-state index contributed by atoms with van der Waals surface area (Å²) < 4.78 is 12.8. The van der Waals surface area contributed by atoms with Gasteiger partial charge in [-0.2, -0.15) is 18.1 Å². The lowest BCUT2D eigenvalue weighted by Gasteiger charge is -2.03. The van der Waals surface area contributed by atoms with Crippen LogP contribution in [0.15, 0.2) is 48.5 Å². The van der Waals surface area contributed by atoms with Gasteiger partial charge >= 0.3 is 6.02 Å². The number of benzene rings is 2. The zero-order valence-electron chi connectivity index (χ0n) is 12.3. The maximum absolute atomic E-state index is 12.8.